The molecule has 34 heavy (non-hydrogen) atoms. The number of sulfonamides is 1. The molecule has 0 heterocycles. The van der Waals surface area contributed by atoms with Gasteiger partial charge in [-0.1, -0.05) is 48.7 Å². The molecule has 3 rings (SSSR count). The van der Waals surface area contributed by atoms with Crippen molar-refractivity contribution in [3.8, 4) is 0 Å². The summed E-state index contributed by atoms with van der Waals surface area (Å²) < 4.78 is 39.6. The first kappa shape index (κ1) is 25.7. The van der Waals surface area contributed by atoms with Crippen LogP contribution in [-0.4, -0.2) is 50.0 Å². The van der Waals surface area contributed by atoms with Gasteiger partial charge in [0.05, 0.1) is 11.9 Å². The van der Waals surface area contributed by atoms with E-state index in [0.29, 0.717) is 0 Å². The first-order chi connectivity index (χ1) is 16.0. The lowest BCUT2D eigenvalue weighted by Gasteiger charge is -2.32. The van der Waals surface area contributed by atoms with Crippen LogP contribution in [0.1, 0.15) is 43.7 Å². The zero-order valence-electron chi connectivity index (χ0n) is 19.8. The average molecular weight is 490 g/mol. The van der Waals surface area contributed by atoms with E-state index >= 15 is 0 Å². The Labute approximate surface area is 201 Å². The van der Waals surface area contributed by atoms with Crippen molar-refractivity contribution in [1.82, 2.24) is 10.2 Å². The Morgan fingerprint density at radius 1 is 1.12 bits per heavy atom. The molecule has 0 aliphatic heterocycles. The average Bonchev–Trinajstić information content (AvgIpc) is 3.28. The van der Waals surface area contributed by atoms with E-state index in [9.17, 15) is 22.4 Å². The van der Waals surface area contributed by atoms with E-state index in [1.54, 1.807) is 6.92 Å². The summed E-state index contributed by atoms with van der Waals surface area (Å²) in [6, 6.07) is 11.9. The van der Waals surface area contributed by atoms with Gasteiger partial charge in [0.25, 0.3) is 0 Å². The van der Waals surface area contributed by atoms with Crippen molar-refractivity contribution in [2.75, 3.05) is 17.1 Å². The second-order valence-corrected chi connectivity index (χ2v) is 10.8. The summed E-state index contributed by atoms with van der Waals surface area (Å²) in [5.41, 5.74) is 1.92. The third kappa shape index (κ3) is 6.79. The molecule has 0 saturated heterocycles. The van der Waals surface area contributed by atoms with E-state index < -0.39 is 34.3 Å². The van der Waals surface area contributed by atoms with Gasteiger partial charge in [0.1, 0.15) is 18.4 Å². The monoisotopic (exact) mass is 489 g/mol. The molecule has 1 aliphatic rings. The molecule has 1 N–H and O–H groups in total. The Balaban J connectivity index is 1.87. The van der Waals surface area contributed by atoms with Crippen LogP contribution < -0.4 is 9.62 Å². The molecule has 0 radical (unpaired) electrons. The highest BCUT2D eigenvalue weighted by molar-refractivity contribution is 7.92. The molecule has 0 aromatic heterocycles. The fourth-order valence-corrected chi connectivity index (χ4v) is 4.95. The van der Waals surface area contributed by atoms with Gasteiger partial charge in [0, 0.05) is 12.6 Å². The minimum atomic E-state index is -3.89. The minimum Gasteiger partial charge on any atom is -0.352 e. The summed E-state index contributed by atoms with van der Waals surface area (Å²) in [7, 11) is -3.89. The highest BCUT2D eigenvalue weighted by Crippen LogP contribution is 2.21. The SMILES string of the molecule is Cc1ccc(CN(C(=O)CN(c2cccc(F)c2)S(C)(=O)=O)[C@@H](C)C(=O)NC2CCCC2)cc1. The van der Waals surface area contributed by atoms with Crippen LogP contribution in [0.25, 0.3) is 0 Å². The minimum absolute atomic E-state index is 0.0502. The van der Waals surface area contributed by atoms with Crippen molar-refractivity contribution in [1.29, 1.82) is 0 Å². The van der Waals surface area contributed by atoms with Crippen molar-refractivity contribution in [3.05, 3.63) is 65.5 Å². The fourth-order valence-electron chi connectivity index (χ4n) is 4.11. The Kier molecular flexibility index (Phi) is 8.30. The maximum Gasteiger partial charge on any atom is 0.244 e. The van der Waals surface area contributed by atoms with Gasteiger partial charge in [-0.05, 0) is 50.5 Å². The first-order valence-corrected chi connectivity index (χ1v) is 13.3. The largest absolute Gasteiger partial charge is 0.352 e. The van der Waals surface area contributed by atoms with Crippen LogP contribution in [0.15, 0.2) is 48.5 Å². The first-order valence-electron chi connectivity index (χ1n) is 11.4. The molecule has 2 aromatic carbocycles. The van der Waals surface area contributed by atoms with Crippen molar-refractivity contribution in [2.24, 2.45) is 0 Å². The number of anilines is 1. The number of amides is 2. The van der Waals surface area contributed by atoms with Crippen LogP contribution >= 0.6 is 0 Å². The number of halogens is 1. The summed E-state index contributed by atoms with van der Waals surface area (Å²) >= 11 is 0. The van der Waals surface area contributed by atoms with Gasteiger partial charge in [0.15, 0.2) is 0 Å². The molecule has 2 amide bonds. The van der Waals surface area contributed by atoms with Gasteiger partial charge in [-0.25, -0.2) is 12.8 Å². The summed E-state index contributed by atoms with van der Waals surface area (Å²) in [5.74, 6) is -1.44. The van der Waals surface area contributed by atoms with Gasteiger partial charge >= 0.3 is 0 Å². The smallest absolute Gasteiger partial charge is 0.244 e. The molecule has 1 fully saturated rings. The van der Waals surface area contributed by atoms with Crippen molar-refractivity contribution >= 4 is 27.5 Å². The lowest BCUT2D eigenvalue weighted by atomic mass is 10.1. The number of nitrogens with zero attached hydrogens (tertiary/aromatic N) is 2. The van der Waals surface area contributed by atoms with Crippen LogP contribution in [0.5, 0.6) is 0 Å². The molecular formula is C25H32FN3O4S. The van der Waals surface area contributed by atoms with E-state index in [4.69, 9.17) is 0 Å². The Hall–Kier alpha value is -2.94. The molecule has 7 nitrogen and oxygen atoms in total. The quantitative estimate of drug-likeness (QED) is 0.585. The number of aryl methyl sites for hydroxylation is 1. The van der Waals surface area contributed by atoms with E-state index in [-0.39, 0.29) is 24.2 Å². The Bertz CT molecular complexity index is 1120. The number of carbonyl (C=O) groups is 2. The Morgan fingerprint density at radius 2 is 1.76 bits per heavy atom. The number of benzene rings is 2. The van der Waals surface area contributed by atoms with Crippen molar-refractivity contribution in [2.45, 2.75) is 58.2 Å². The summed E-state index contributed by atoms with van der Waals surface area (Å²) in [6.07, 6.45) is 4.90. The van der Waals surface area contributed by atoms with Crippen LogP contribution in [0.4, 0.5) is 10.1 Å². The predicted octanol–water partition coefficient (Wildman–Crippen LogP) is 3.38. The molecule has 184 valence electrons. The van der Waals surface area contributed by atoms with Gasteiger partial charge in [-0.3, -0.25) is 13.9 Å². The molecule has 9 heteroatoms. The van der Waals surface area contributed by atoms with Crippen LogP contribution in [-0.2, 0) is 26.2 Å². The topological polar surface area (TPSA) is 86.8 Å². The molecule has 1 atom stereocenters. The molecule has 0 bridgehead atoms. The normalized spacial score (nSPS) is 15.1. The van der Waals surface area contributed by atoms with Gasteiger partial charge in [-0.2, -0.15) is 0 Å². The zero-order chi connectivity index (χ0) is 24.9. The van der Waals surface area contributed by atoms with Crippen molar-refractivity contribution in [3.63, 3.8) is 0 Å². The van der Waals surface area contributed by atoms with Crippen LogP contribution in [0.3, 0.4) is 0 Å². The van der Waals surface area contributed by atoms with E-state index in [2.05, 4.69) is 5.32 Å². The molecule has 2 aromatic rings. The second kappa shape index (κ2) is 11.0. The molecule has 0 unspecified atom stereocenters. The fraction of sp³-hybridized carbons (Fsp3) is 0.440. The molecular weight excluding hydrogens is 457 g/mol. The summed E-state index contributed by atoms with van der Waals surface area (Å²) in [4.78, 5) is 27.8. The highest BCUT2D eigenvalue weighted by atomic mass is 32.2. The standard InChI is InChI=1S/C25H32FN3O4S/c1-18-11-13-20(14-12-18)16-28(19(2)25(31)27-22-8-4-5-9-22)24(30)17-29(34(3,32)33)23-10-6-7-21(26)15-23/h6-7,10-15,19,22H,4-5,8-9,16-17H2,1-3H3,(H,27,31)/t19-/m0/s1. The maximum absolute atomic E-state index is 13.8. The summed E-state index contributed by atoms with van der Waals surface area (Å²) in [5, 5.41) is 3.02. The Morgan fingerprint density at radius 3 is 2.35 bits per heavy atom. The maximum atomic E-state index is 13.8. The van der Waals surface area contributed by atoms with E-state index in [0.717, 1.165) is 53.4 Å². The molecule has 1 saturated carbocycles. The van der Waals surface area contributed by atoms with Crippen LogP contribution in [0.2, 0.25) is 0 Å². The second-order valence-electron chi connectivity index (χ2n) is 8.92. The number of nitrogens with one attached hydrogen (secondary N) is 1. The third-order valence-corrected chi connectivity index (χ3v) is 7.26. The van der Waals surface area contributed by atoms with E-state index in [1.807, 2.05) is 31.2 Å². The highest BCUT2D eigenvalue weighted by Gasteiger charge is 2.31. The number of hydrogen-bond acceptors (Lipinski definition) is 4. The number of rotatable bonds is 9. The van der Waals surface area contributed by atoms with Gasteiger partial charge in [0.2, 0.25) is 21.8 Å². The predicted molar refractivity (Wildman–Crippen MR) is 130 cm³/mol. The molecule has 0 spiro atoms. The van der Waals surface area contributed by atoms with Gasteiger partial charge < -0.3 is 10.2 Å². The zero-order valence-corrected chi connectivity index (χ0v) is 20.6. The van der Waals surface area contributed by atoms with E-state index in [1.165, 1.54) is 23.1 Å². The van der Waals surface area contributed by atoms with Gasteiger partial charge in [-0.15, -0.1) is 0 Å². The number of carbonyl (C=O) groups excluding carboxylic acids is 2. The summed E-state index contributed by atoms with van der Waals surface area (Å²) in [6.45, 7) is 3.19. The van der Waals surface area contributed by atoms with Crippen molar-refractivity contribution < 1.29 is 22.4 Å². The molecule has 1 aliphatic carbocycles. The lowest BCUT2D eigenvalue weighted by Crippen LogP contribution is -2.52. The third-order valence-electron chi connectivity index (χ3n) is 6.12. The van der Waals surface area contributed by atoms with Crippen LogP contribution in [0, 0.1) is 12.7 Å². The number of hydrogen-bond donors (Lipinski definition) is 1. The lowest BCUT2D eigenvalue weighted by molar-refractivity contribution is -0.139.